The van der Waals surface area contributed by atoms with Gasteiger partial charge in [-0.05, 0) is 20.3 Å². The Hall–Kier alpha value is -1.90. The van der Waals surface area contributed by atoms with Crippen molar-refractivity contribution in [2.75, 3.05) is 18.1 Å². The van der Waals surface area contributed by atoms with Gasteiger partial charge < -0.3 is 14.6 Å². The Morgan fingerprint density at radius 2 is 2.14 bits per heavy atom. The Kier molecular flexibility index (Phi) is 4.31. The minimum Gasteiger partial charge on any atom is -0.452 e. The van der Waals surface area contributed by atoms with Crippen molar-refractivity contribution in [2.24, 2.45) is 0 Å². The van der Waals surface area contributed by atoms with Gasteiger partial charge in [0.1, 0.15) is 11.3 Å². The molecule has 1 aromatic heterocycles. The second-order valence-corrected chi connectivity index (χ2v) is 7.17. The van der Waals surface area contributed by atoms with Crippen LogP contribution in [0.4, 0.5) is 0 Å². The van der Waals surface area contributed by atoms with Crippen LogP contribution in [0.2, 0.25) is 0 Å². The minimum absolute atomic E-state index is 0.0663. The lowest BCUT2D eigenvalue weighted by Crippen LogP contribution is -2.38. The molecule has 2 rings (SSSR count). The lowest BCUT2D eigenvalue weighted by atomic mass is 10.2. The molecule has 1 aliphatic rings. The maximum Gasteiger partial charge on any atom is 0.344 e. The molecule has 0 aromatic carbocycles. The molecule has 21 heavy (non-hydrogen) atoms. The van der Waals surface area contributed by atoms with Crippen molar-refractivity contribution in [1.29, 1.82) is 0 Å². The van der Waals surface area contributed by atoms with E-state index in [1.165, 1.54) is 0 Å². The van der Waals surface area contributed by atoms with E-state index in [1.54, 1.807) is 13.8 Å². The second kappa shape index (κ2) is 5.84. The number of rotatable bonds is 4. The van der Waals surface area contributed by atoms with Crippen molar-refractivity contribution >= 4 is 21.7 Å². The number of ether oxygens (including phenoxy) is 1. The van der Waals surface area contributed by atoms with Gasteiger partial charge in [0.15, 0.2) is 16.4 Å². The van der Waals surface area contributed by atoms with Gasteiger partial charge >= 0.3 is 5.97 Å². The van der Waals surface area contributed by atoms with Crippen LogP contribution in [0, 0.1) is 13.8 Å². The van der Waals surface area contributed by atoms with Crippen LogP contribution in [0.15, 0.2) is 4.52 Å². The van der Waals surface area contributed by atoms with Gasteiger partial charge in [-0.25, -0.2) is 13.2 Å². The number of amides is 1. The standard InChI is InChI=1S/C12H16N2O6S/c1-7-11(8(2)20-14-7)12(16)19-5-10(15)13-9-3-4-21(17,18)6-9/h9H,3-6H2,1-2H3,(H,13,15)/t9-/m0/s1. The molecule has 0 saturated carbocycles. The molecular weight excluding hydrogens is 300 g/mol. The summed E-state index contributed by atoms with van der Waals surface area (Å²) in [6.07, 6.45) is 0.381. The van der Waals surface area contributed by atoms with Crippen LogP contribution in [-0.4, -0.2) is 49.6 Å². The zero-order valence-electron chi connectivity index (χ0n) is 11.7. The number of carbonyl (C=O) groups is 2. The van der Waals surface area contributed by atoms with E-state index in [0.29, 0.717) is 17.9 Å². The summed E-state index contributed by atoms with van der Waals surface area (Å²) < 4.78 is 32.2. The first-order valence-corrected chi connectivity index (χ1v) is 8.20. The van der Waals surface area contributed by atoms with Crippen molar-refractivity contribution in [2.45, 2.75) is 26.3 Å². The van der Waals surface area contributed by atoms with Crippen LogP contribution < -0.4 is 5.32 Å². The zero-order chi connectivity index (χ0) is 15.6. The van der Waals surface area contributed by atoms with Crippen LogP contribution in [0.5, 0.6) is 0 Å². The summed E-state index contributed by atoms with van der Waals surface area (Å²) in [5.74, 6) is -0.912. The average molecular weight is 316 g/mol. The maximum atomic E-state index is 11.8. The molecule has 2 heterocycles. The molecule has 8 nitrogen and oxygen atoms in total. The Balaban J connectivity index is 1.83. The predicted octanol–water partition coefficient (Wildman–Crippen LogP) is -0.248. The van der Waals surface area contributed by atoms with E-state index in [2.05, 4.69) is 10.5 Å². The summed E-state index contributed by atoms with van der Waals surface area (Å²) in [6.45, 7) is 2.69. The van der Waals surface area contributed by atoms with Crippen molar-refractivity contribution in [3.05, 3.63) is 17.0 Å². The highest BCUT2D eigenvalue weighted by atomic mass is 32.2. The van der Waals surface area contributed by atoms with Gasteiger partial charge in [-0.3, -0.25) is 4.79 Å². The van der Waals surface area contributed by atoms with Gasteiger partial charge in [0.05, 0.1) is 17.2 Å². The van der Waals surface area contributed by atoms with Gasteiger partial charge in [-0.15, -0.1) is 0 Å². The highest BCUT2D eigenvalue weighted by Crippen LogP contribution is 2.14. The molecule has 1 aliphatic heterocycles. The van der Waals surface area contributed by atoms with Crippen molar-refractivity contribution in [3.63, 3.8) is 0 Å². The van der Waals surface area contributed by atoms with E-state index < -0.39 is 34.4 Å². The first kappa shape index (κ1) is 15.5. The first-order chi connectivity index (χ1) is 9.78. The summed E-state index contributed by atoms with van der Waals surface area (Å²) >= 11 is 0. The topological polar surface area (TPSA) is 116 Å². The molecule has 1 N–H and O–H groups in total. The first-order valence-electron chi connectivity index (χ1n) is 6.38. The number of nitrogens with one attached hydrogen (secondary N) is 1. The zero-order valence-corrected chi connectivity index (χ0v) is 12.5. The van der Waals surface area contributed by atoms with Crippen LogP contribution >= 0.6 is 0 Å². The van der Waals surface area contributed by atoms with Crippen LogP contribution in [0.1, 0.15) is 28.2 Å². The van der Waals surface area contributed by atoms with Gasteiger partial charge in [-0.2, -0.15) is 0 Å². The number of hydrogen-bond acceptors (Lipinski definition) is 7. The number of esters is 1. The summed E-state index contributed by atoms with van der Waals surface area (Å²) in [4.78, 5) is 23.4. The number of sulfone groups is 1. The SMILES string of the molecule is Cc1noc(C)c1C(=O)OCC(=O)N[C@H]1CCS(=O)(=O)C1. The average Bonchev–Trinajstić information content (AvgIpc) is 2.89. The lowest BCUT2D eigenvalue weighted by Gasteiger charge is -2.10. The molecule has 0 aliphatic carbocycles. The predicted molar refractivity (Wildman–Crippen MR) is 71.5 cm³/mol. The fraction of sp³-hybridized carbons (Fsp3) is 0.583. The van der Waals surface area contributed by atoms with Gasteiger partial charge in [-0.1, -0.05) is 5.16 Å². The van der Waals surface area contributed by atoms with E-state index in [-0.39, 0.29) is 17.1 Å². The molecule has 0 unspecified atom stereocenters. The highest BCUT2D eigenvalue weighted by molar-refractivity contribution is 7.91. The molecule has 0 bridgehead atoms. The molecule has 1 atom stereocenters. The normalized spacial score (nSPS) is 20.2. The van der Waals surface area contributed by atoms with Gasteiger partial charge in [0.2, 0.25) is 0 Å². The molecule has 1 aromatic rings. The molecule has 9 heteroatoms. The third-order valence-electron chi connectivity index (χ3n) is 3.17. The molecule has 0 radical (unpaired) electrons. The van der Waals surface area contributed by atoms with Crippen LogP contribution in [0.25, 0.3) is 0 Å². The Morgan fingerprint density at radius 3 is 2.67 bits per heavy atom. The van der Waals surface area contributed by atoms with E-state index in [4.69, 9.17) is 9.26 Å². The summed E-state index contributed by atoms with van der Waals surface area (Å²) in [5, 5.41) is 6.15. The molecule has 1 fully saturated rings. The van der Waals surface area contributed by atoms with E-state index in [1.807, 2.05) is 0 Å². The van der Waals surface area contributed by atoms with Gasteiger partial charge in [0, 0.05) is 6.04 Å². The fourth-order valence-electron chi connectivity index (χ4n) is 2.16. The molecule has 1 amide bonds. The lowest BCUT2D eigenvalue weighted by molar-refractivity contribution is -0.124. The number of aromatic nitrogens is 1. The number of aryl methyl sites for hydroxylation is 2. The van der Waals surface area contributed by atoms with Crippen molar-refractivity contribution in [3.8, 4) is 0 Å². The van der Waals surface area contributed by atoms with E-state index >= 15 is 0 Å². The van der Waals surface area contributed by atoms with Gasteiger partial charge in [0.25, 0.3) is 5.91 Å². The molecule has 116 valence electrons. The maximum absolute atomic E-state index is 11.8. The Bertz CT molecular complexity index is 644. The smallest absolute Gasteiger partial charge is 0.344 e. The molecule has 0 spiro atoms. The number of carbonyl (C=O) groups excluding carboxylic acids is 2. The molecular formula is C12H16N2O6S. The number of hydrogen-bond donors (Lipinski definition) is 1. The second-order valence-electron chi connectivity index (χ2n) is 4.94. The minimum atomic E-state index is -3.06. The highest BCUT2D eigenvalue weighted by Gasteiger charge is 2.29. The van der Waals surface area contributed by atoms with Crippen molar-refractivity contribution < 1.29 is 27.3 Å². The monoisotopic (exact) mass is 316 g/mol. The van der Waals surface area contributed by atoms with Crippen LogP contribution in [0.3, 0.4) is 0 Å². The quantitative estimate of drug-likeness (QED) is 0.761. The summed E-state index contributed by atoms with van der Waals surface area (Å²) in [7, 11) is -3.06. The van der Waals surface area contributed by atoms with E-state index in [9.17, 15) is 18.0 Å². The Labute approximate surface area is 121 Å². The third kappa shape index (κ3) is 3.81. The van der Waals surface area contributed by atoms with Crippen molar-refractivity contribution in [1.82, 2.24) is 10.5 Å². The summed E-state index contributed by atoms with van der Waals surface area (Å²) in [6, 6.07) is -0.416. The largest absolute Gasteiger partial charge is 0.452 e. The third-order valence-corrected chi connectivity index (χ3v) is 4.94. The van der Waals surface area contributed by atoms with Crippen LogP contribution in [-0.2, 0) is 19.4 Å². The summed E-state index contributed by atoms with van der Waals surface area (Å²) in [5.41, 5.74) is 0.589. The molecule has 1 saturated heterocycles. The fourth-order valence-corrected chi connectivity index (χ4v) is 3.83. The number of nitrogens with zero attached hydrogens (tertiary/aromatic N) is 1. The Morgan fingerprint density at radius 1 is 1.43 bits per heavy atom. The van der Waals surface area contributed by atoms with E-state index in [0.717, 1.165) is 0 Å².